The molecule has 0 aliphatic rings. The molecule has 0 aromatic rings. The Hall–Kier alpha value is -1.70. The Kier molecular flexibility index (Phi) is 44.0. The van der Waals surface area contributed by atoms with Crippen molar-refractivity contribution >= 4 is 11.9 Å². The maximum absolute atomic E-state index is 12.0. The number of carboxylic acid groups (broad SMARTS) is 2. The van der Waals surface area contributed by atoms with Crippen LogP contribution in [0.25, 0.3) is 0 Å². The molecule has 2 N–H and O–H groups in total. The zero-order valence-corrected chi connectivity index (χ0v) is 34.4. The number of hydrogen-bond donors (Lipinski definition) is 2. The van der Waals surface area contributed by atoms with Crippen LogP contribution in [0.4, 0.5) is 0 Å². The first kappa shape index (κ1) is 55.3. The quantitative estimate of drug-likeness (QED) is 0.0627. The van der Waals surface area contributed by atoms with Gasteiger partial charge in [0.15, 0.2) is 5.41 Å². The van der Waals surface area contributed by atoms with Gasteiger partial charge in [-0.3, -0.25) is 9.59 Å². The van der Waals surface area contributed by atoms with E-state index in [0.717, 1.165) is 0 Å². The summed E-state index contributed by atoms with van der Waals surface area (Å²) in [5.74, 6) is -2.89. The van der Waals surface area contributed by atoms with Crippen molar-refractivity contribution in [3.05, 3.63) is 0 Å². The molecule has 0 unspecified atom stereocenters. The zero-order valence-electron chi connectivity index (χ0n) is 34.4. The lowest BCUT2D eigenvalue weighted by Gasteiger charge is -2.24. The molecule has 20 heteroatoms. The fourth-order valence-electron chi connectivity index (χ4n) is 4.26. The molecular formula is C37H72O20. The van der Waals surface area contributed by atoms with Gasteiger partial charge in [0.05, 0.1) is 185 Å². The summed E-state index contributed by atoms with van der Waals surface area (Å²) in [5, 5.41) is 19.5. The second-order valence-electron chi connectivity index (χ2n) is 11.8. The third kappa shape index (κ3) is 38.3. The minimum Gasteiger partial charge on any atom is -0.480 e. The highest BCUT2D eigenvalue weighted by atomic mass is 16.6. The largest absolute Gasteiger partial charge is 0.480 e. The minimum atomic E-state index is -2.03. The standard InChI is InChI=1S/C37H72O20/c1-42-7-9-46-15-17-50-23-25-54-31-33-56-29-27-52-21-19-48-13-11-44-5-3-37(35(38)39,36(40)41)4-6-45-12-14-49-20-22-53-28-30-57-34-32-55-26-24-51-18-16-47-10-8-43-2/h3-34H2,1-2H3,(H,38,39)(H,40,41). The van der Waals surface area contributed by atoms with Crippen molar-refractivity contribution in [3.8, 4) is 0 Å². The number of carbonyl (C=O) groups is 2. The van der Waals surface area contributed by atoms with Crippen molar-refractivity contribution in [2.24, 2.45) is 5.41 Å². The van der Waals surface area contributed by atoms with Crippen LogP contribution in [0.3, 0.4) is 0 Å². The van der Waals surface area contributed by atoms with E-state index in [1.54, 1.807) is 14.2 Å². The highest BCUT2D eigenvalue weighted by Gasteiger charge is 2.46. The number of rotatable bonds is 50. The molecule has 0 aromatic heterocycles. The molecule has 0 bridgehead atoms. The van der Waals surface area contributed by atoms with Crippen LogP contribution in [0.15, 0.2) is 0 Å². The number of aliphatic carboxylic acids is 2. The summed E-state index contributed by atoms with van der Waals surface area (Å²) in [4.78, 5) is 23.9. The van der Waals surface area contributed by atoms with Crippen LogP contribution in [0.2, 0.25) is 0 Å². The van der Waals surface area contributed by atoms with Gasteiger partial charge in [0.2, 0.25) is 0 Å². The predicted molar refractivity (Wildman–Crippen MR) is 202 cm³/mol. The fraction of sp³-hybridized carbons (Fsp3) is 0.946. The topological polar surface area (TPSA) is 222 Å². The molecule has 0 atom stereocenters. The van der Waals surface area contributed by atoms with Crippen molar-refractivity contribution in [1.29, 1.82) is 0 Å². The molecule has 0 radical (unpaired) electrons. The SMILES string of the molecule is COCCOCCOCCOCCOCCOCCOCCOCCC(CCOCCOCCOCCOCCOCCOCCOCCOC)(C(=O)O)C(=O)O. The summed E-state index contributed by atoms with van der Waals surface area (Å²) in [6.07, 6.45) is -0.444. The van der Waals surface area contributed by atoms with E-state index in [2.05, 4.69) is 0 Å². The molecule has 0 spiro atoms. The molecule has 57 heavy (non-hydrogen) atoms. The highest BCUT2D eigenvalue weighted by Crippen LogP contribution is 2.28. The van der Waals surface area contributed by atoms with E-state index >= 15 is 0 Å². The highest BCUT2D eigenvalue weighted by molar-refractivity contribution is 5.98. The Balaban J connectivity index is 3.61. The lowest BCUT2D eigenvalue weighted by molar-refractivity contribution is -0.168. The van der Waals surface area contributed by atoms with Crippen molar-refractivity contribution in [1.82, 2.24) is 0 Å². The molecular weight excluding hydrogens is 764 g/mol. The first-order valence-electron chi connectivity index (χ1n) is 19.5. The molecule has 20 nitrogen and oxygen atoms in total. The Morgan fingerprint density at radius 3 is 0.561 bits per heavy atom. The van der Waals surface area contributed by atoms with Gasteiger partial charge in [-0.05, 0) is 12.8 Å². The van der Waals surface area contributed by atoms with Crippen molar-refractivity contribution in [2.75, 3.05) is 212 Å². The maximum atomic E-state index is 12.0. The average Bonchev–Trinajstić information content (AvgIpc) is 3.20. The Morgan fingerprint density at radius 2 is 0.421 bits per heavy atom. The molecule has 0 aliphatic carbocycles. The number of hydrogen-bond acceptors (Lipinski definition) is 18. The van der Waals surface area contributed by atoms with Gasteiger partial charge < -0.3 is 86.0 Å². The van der Waals surface area contributed by atoms with E-state index in [1.165, 1.54) is 0 Å². The molecule has 0 saturated carbocycles. The van der Waals surface area contributed by atoms with E-state index in [1.807, 2.05) is 0 Å². The monoisotopic (exact) mass is 836 g/mol. The van der Waals surface area contributed by atoms with E-state index in [-0.39, 0.29) is 52.5 Å². The molecule has 0 rings (SSSR count). The lowest BCUT2D eigenvalue weighted by Crippen LogP contribution is -2.41. The summed E-state index contributed by atoms with van der Waals surface area (Å²) in [5.41, 5.74) is -2.03. The fourth-order valence-corrected chi connectivity index (χ4v) is 4.26. The zero-order chi connectivity index (χ0) is 41.6. The van der Waals surface area contributed by atoms with Gasteiger partial charge in [0, 0.05) is 27.4 Å². The number of ether oxygens (including phenoxy) is 16. The van der Waals surface area contributed by atoms with Crippen LogP contribution in [-0.2, 0) is 85.4 Å². The number of carboxylic acids is 2. The molecule has 0 saturated heterocycles. The first-order chi connectivity index (χ1) is 28.0. The molecule has 0 amide bonds. The summed E-state index contributed by atoms with van der Waals surface area (Å²) in [6.45, 7) is 11.8. The van der Waals surface area contributed by atoms with Crippen LogP contribution >= 0.6 is 0 Å². The van der Waals surface area contributed by atoms with Gasteiger partial charge in [0.25, 0.3) is 0 Å². The van der Waals surface area contributed by atoms with Gasteiger partial charge >= 0.3 is 11.9 Å². The minimum absolute atomic E-state index is 0.0682. The summed E-state index contributed by atoms with van der Waals surface area (Å²) in [7, 11) is 3.25. The smallest absolute Gasteiger partial charge is 0.321 e. The van der Waals surface area contributed by atoms with Crippen LogP contribution in [0.5, 0.6) is 0 Å². The molecule has 340 valence electrons. The summed E-state index contributed by atoms with van der Waals surface area (Å²) in [6, 6.07) is 0. The van der Waals surface area contributed by atoms with Crippen molar-refractivity contribution < 1.29 is 95.6 Å². The van der Waals surface area contributed by atoms with Crippen LogP contribution in [-0.4, -0.2) is 235 Å². The Labute approximate surface area is 338 Å². The van der Waals surface area contributed by atoms with E-state index in [0.29, 0.717) is 159 Å². The van der Waals surface area contributed by atoms with Gasteiger partial charge in [-0.1, -0.05) is 0 Å². The molecule has 0 fully saturated rings. The maximum Gasteiger partial charge on any atom is 0.321 e. The number of methoxy groups -OCH3 is 2. The average molecular weight is 837 g/mol. The normalized spacial score (nSPS) is 11.8. The van der Waals surface area contributed by atoms with Gasteiger partial charge in [-0.25, -0.2) is 0 Å². The second kappa shape index (κ2) is 45.4. The van der Waals surface area contributed by atoms with Gasteiger partial charge in [0.1, 0.15) is 0 Å². The first-order valence-corrected chi connectivity index (χ1v) is 19.5. The van der Waals surface area contributed by atoms with Crippen LogP contribution in [0, 0.1) is 5.41 Å². The van der Waals surface area contributed by atoms with E-state index in [4.69, 9.17) is 75.8 Å². The van der Waals surface area contributed by atoms with Crippen LogP contribution < -0.4 is 0 Å². The lowest BCUT2D eigenvalue weighted by atomic mass is 9.81. The second-order valence-corrected chi connectivity index (χ2v) is 11.8. The van der Waals surface area contributed by atoms with Gasteiger partial charge in [-0.2, -0.15) is 0 Å². The van der Waals surface area contributed by atoms with E-state index < -0.39 is 17.4 Å². The van der Waals surface area contributed by atoms with Crippen LogP contribution in [0.1, 0.15) is 12.8 Å². The third-order valence-corrected chi connectivity index (χ3v) is 7.49. The van der Waals surface area contributed by atoms with Gasteiger partial charge in [-0.15, -0.1) is 0 Å². The molecule has 0 heterocycles. The molecule has 0 aromatic carbocycles. The molecule has 0 aliphatic heterocycles. The van der Waals surface area contributed by atoms with E-state index in [9.17, 15) is 19.8 Å². The summed E-state index contributed by atoms with van der Waals surface area (Å²) >= 11 is 0. The predicted octanol–water partition coefficient (Wildman–Crippen LogP) is 0.447. The third-order valence-electron chi connectivity index (χ3n) is 7.49. The Morgan fingerprint density at radius 1 is 0.281 bits per heavy atom. The summed E-state index contributed by atoms with van der Waals surface area (Å²) < 4.78 is 85.5. The Bertz CT molecular complexity index is 775. The van der Waals surface area contributed by atoms with Crippen molar-refractivity contribution in [2.45, 2.75) is 12.8 Å². The van der Waals surface area contributed by atoms with Crippen molar-refractivity contribution in [3.63, 3.8) is 0 Å².